The molecule has 0 aromatic rings. The van der Waals surface area contributed by atoms with E-state index in [0.29, 0.717) is 12.1 Å². The Labute approximate surface area is 147 Å². The zero-order valence-electron chi connectivity index (χ0n) is 15.5. The molecule has 0 spiro atoms. The van der Waals surface area contributed by atoms with Crippen molar-refractivity contribution in [2.45, 2.75) is 95.7 Å². The molecule has 4 nitrogen and oxygen atoms in total. The zero-order valence-corrected chi connectivity index (χ0v) is 15.5. The number of rotatable bonds is 4. The number of amides is 1. The molecule has 1 N–H and O–H groups in total. The van der Waals surface area contributed by atoms with Gasteiger partial charge in [0.2, 0.25) is 5.91 Å². The summed E-state index contributed by atoms with van der Waals surface area (Å²) in [5, 5.41) is 9.45. The highest BCUT2D eigenvalue weighted by molar-refractivity contribution is 5.78. The van der Waals surface area contributed by atoms with Crippen molar-refractivity contribution in [2.75, 3.05) is 19.7 Å². The summed E-state index contributed by atoms with van der Waals surface area (Å²) in [5.74, 6) is 0.870. The third-order valence-corrected chi connectivity index (χ3v) is 6.79. The number of nitrogens with zero attached hydrogens (tertiary/aromatic N) is 2. The van der Waals surface area contributed by atoms with Gasteiger partial charge < -0.3 is 14.9 Å². The number of aliphatic hydroxyl groups is 1. The van der Waals surface area contributed by atoms with Gasteiger partial charge in [0.15, 0.2) is 0 Å². The molecule has 138 valence electrons. The van der Waals surface area contributed by atoms with E-state index in [-0.39, 0.29) is 12.5 Å². The number of likely N-dealkylation sites (tertiary alicyclic amines) is 1. The summed E-state index contributed by atoms with van der Waals surface area (Å²) in [4.78, 5) is 17.2. The molecule has 0 bridgehead atoms. The van der Waals surface area contributed by atoms with E-state index in [0.717, 1.165) is 50.7 Å². The van der Waals surface area contributed by atoms with Crippen molar-refractivity contribution < 1.29 is 9.90 Å². The van der Waals surface area contributed by atoms with Crippen molar-refractivity contribution >= 4 is 5.91 Å². The van der Waals surface area contributed by atoms with Gasteiger partial charge in [-0.15, -0.1) is 0 Å². The smallest absolute Gasteiger partial charge is 0.248 e. The molecule has 3 rings (SSSR count). The van der Waals surface area contributed by atoms with Gasteiger partial charge in [-0.2, -0.15) is 0 Å². The first-order chi connectivity index (χ1) is 11.7. The number of piperidine rings is 1. The first kappa shape index (κ1) is 18.2. The minimum Gasteiger partial charge on any atom is -0.387 e. The average Bonchev–Trinajstić information content (AvgIpc) is 2.64. The lowest BCUT2D eigenvalue weighted by Gasteiger charge is -2.46. The van der Waals surface area contributed by atoms with Crippen molar-refractivity contribution in [3.63, 3.8) is 0 Å². The lowest BCUT2D eigenvalue weighted by Crippen LogP contribution is -2.54. The quantitative estimate of drug-likeness (QED) is 0.857. The molecule has 1 heterocycles. The fraction of sp³-hybridized carbons (Fsp3) is 0.950. The fourth-order valence-corrected chi connectivity index (χ4v) is 5.28. The molecular weight excluding hydrogens is 300 g/mol. The molecular formula is C20H36N2O2. The molecule has 1 amide bonds. The molecule has 3 fully saturated rings. The third kappa shape index (κ3) is 4.32. The lowest BCUT2D eigenvalue weighted by atomic mass is 9.85. The van der Waals surface area contributed by atoms with Crippen LogP contribution in [0.15, 0.2) is 0 Å². The summed E-state index contributed by atoms with van der Waals surface area (Å²) in [6.07, 6.45) is 13.7. The third-order valence-electron chi connectivity index (χ3n) is 6.79. The second-order valence-electron chi connectivity index (χ2n) is 8.43. The minimum atomic E-state index is -0.322. The Hall–Kier alpha value is -0.610. The van der Waals surface area contributed by atoms with Crippen LogP contribution in [0, 0.1) is 5.92 Å². The van der Waals surface area contributed by atoms with Crippen molar-refractivity contribution in [1.82, 2.24) is 9.80 Å². The normalized spacial score (nSPS) is 31.1. The summed E-state index contributed by atoms with van der Waals surface area (Å²) < 4.78 is 0. The van der Waals surface area contributed by atoms with Crippen LogP contribution in [0.5, 0.6) is 0 Å². The summed E-state index contributed by atoms with van der Waals surface area (Å²) in [6, 6.07) is 1.51. The van der Waals surface area contributed by atoms with Gasteiger partial charge >= 0.3 is 0 Å². The maximum Gasteiger partial charge on any atom is 0.248 e. The van der Waals surface area contributed by atoms with Gasteiger partial charge in [0, 0.05) is 31.2 Å². The van der Waals surface area contributed by atoms with Gasteiger partial charge in [-0.1, -0.05) is 26.2 Å². The van der Waals surface area contributed by atoms with Crippen LogP contribution < -0.4 is 0 Å². The minimum absolute atomic E-state index is 0.0353. The second kappa shape index (κ2) is 8.66. The molecule has 4 heteroatoms. The first-order valence-corrected chi connectivity index (χ1v) is 10.3. The number of hydrogen-bond donors (Lipinski definition) is 1. The van der Waals surface area contributed by atoms with Gasteiger partial charge in [0.05, 0.1) is 0 Å². The highest BCUT2D eigenvalue weighted by Crippen LogP contribution is 2.32. The molecule has 0 atom stereocenters. The molecule has 0 aromatic heterocycles. The Bertz CT molecular complexity index is 392. The van der Waals surface area contributed by atoms with Gasteiger partial charge in [0.25, 0.3) is 0 Å². The molecule has 0 aromatic carbocycles. The standard InChI is InChI=1S/C20H36N2O2/c1-16-7-9-17(10-8-16)21-13-11-19(12-14-21)22(20(24)15-23)18-5-3-2-4-6-18/h16-19,23H,2-15H2,1H3. The zero-order chi connectivity index (χ0) is 16.9. The number of carbonyl (C=O) groups is 1. The summed E-state index contributed by atoms with van der Waals surface area (Å²) in [7, 11) is 0. The van der Waals surface area contributed by atoms with Crippen molar-refractivity contribution in [3.05, 3.63) is 0 Å². The molecule has 1 aliphatic heterocycles. The largest absolute Gasteiger partial charge is 0.387 e. The van der Waals surface area contributed by atoms with Crippen LogP contribution in [0.4, 0.5) is 0 Å². The molecule has 3 aliphatic rings. The van der Waals surface area contributed by atoms with E-state index in [1.165, 1.54) is 44.9 Å². The number of carbonyl (C=O) groups excluding carboxylic acids is 1. The Morgan fingerprint density at radius 3 is 2.08 bits per heavy atom. The predicted octanol–water partition coefficient (Wildman–Crippen LogP) is 3.18. The summed E-state index contributed by atoms with van der Waals surface area (Å²) in [5.41, 5.74) is 0. The van der Waals surface area contributed by atoms with Crippen LogP contribution in [0.3, 0.4) is 0 Å². The average molecular weight is 337 g/mol. The Balaban J connectivity index is 1.55. The van der Waals surface area contributed by atoms with E-state index in [1.54, 1.807) is 0 Å². The van der Waals surface area contributed by atoms with Crippen LogP contribution in [-0.2, 0) is 4.79 Å². The highest BCUT2D eigenvalue weighted by atomic mass is 16.3. The molecule has 24 heavy (non-hydrogen) atoms. The maximum absolute atomic E-state index is 12.4. The van der Waals surface area contributed by atoms with Crippen LogP contribution >= 0.6 is 0 Å². The van der Waals surface area contributed by atoms with E-state index >= 15 is 0 Å². The predicted molar refractivity (Wildman–Crippen MR) is 96.8 cm³/mol. The SMILES string of the molecule is CC1CCC(N2CCC(N(C(=O)CO)C3CCCCC3)CC2)CC1. The Kier molecular flexibility index (Phi) is 6.56. The van der Waals surface area contributed by atoms with Gasteiger partial charge in [-0.05, 0) is 57.3 Å². The summed E-state index contributed by atoms with van der Waals surface area (Å²) in [6.45, 7) is 4.32. The molecule has 2 saturated carbocycles. The number of aliphatic hydroxyl groups excluding tert-OH is 1. The maximum atomic E-state index is 12.4. The summed E-state index contributed by atoms with van der Waals surface area (Å²) >= 11 is 0. The van der Waals surface area contributed by atoms with Crippen LogP contribution in [0.2, 0.25) is 0 Å². The van der Waals surface area contributed by atoms with E-state index in [4.69, 9.17) is 0 Å². The molecule has 1 saturated heterocycles. The van der Waals surface area contributed by atoms with E-state index in [2.05, 4.69) is 16.7 Å². The van der Waals surface area contributed by atoms with Gasteiger partial charge in [0.1, 0.15) is 6.61 Å². The molecule has 2 aliphatic carbocycles. The van der Waals surface area contributed by atoms with Crippen LogP contribution in [0.25, 0.3) is 0 Å². The second-order valence-corrected chi connectivity index (χ2v) is 8.43. The van der Waals surface area contributed by atoms with E-state index in [9.17, 15) is 9.90 Å². The van der Waals surface area contributed by atoms with E-state index < -0.39 is 0 Å². The fourth-order valence-electron chi connectivity index (χ4n) is 5.28. The Morgan fingerprint density at radius 1 is 0.917 bits per heavy atom. The van der Waals surface area contributed by atoms with Crippen molar-refractivity contribution in [2.24, 2.45) is 5.92 Å². The monoisotopic (exact) mass is 336 g/mol. The van der Waals surface area contributed by atoms with Crippen molar-refractivity contribution in [1.29, 1.82) is 0 Å². The van der Waals surface area contributed by atoms with Gasteiger partial charge in [-0.3, -0.25) is 4.79 Å². The van der Waals surface area contributed by atoms with Crippen LogP contribution in [-0.4, -0.2) is 58.6 Å². The highest BCUT2D eigenvalue weighted by Gasteiger charge is 2.35. The lowest BCUT2D eigenvalue weighted by molar-refractivity contribution is -0.141. The van der Waals surface area contributed by atoms with Crippen molar-refractivity contribution in [3.8, 4) is 0 Å². The topological polar surface area (TPSA) is 43.8 Å². The Morgan fingerprint density at radius 2 is 1.50 bits per heavy atom. The van der Waals surface area contributed by atoms with E-state index in [1.807, 2.05) is 0 Å². The molecule has 0 unspecified atom stereocenters. The first-order valence-electron chi connectivity index (χ1n) is 10.3. The number of hydrogen-bond acceptors (Lipinski definition) is 3. The molecule has 0 radical (unpaired) electrons. The van der Waals surface area contributed by atoms with Crippen LogP contribution in [0.1, 0.15) is 77.6 Å². The van der Waals surface area contributed by atoms with Gasteiger partial charge in [-0.25, -0.2) is 0 Å².